The summed E-state index contributed by atoms with van der Waals surface area (Å²) in [5.74, 6) is -0.0316. The van der Waals surface area contributed by atoms with Gasteiger partial charge in [0.1, 0.15) is 5.75 Å². The average molecular weight is 361 g/mol. The molecule has 0 spiro atoms. The monoisotopic (exact) mass is 361 g/mol. The van der Waals surface area contributed by atoms with E-state index in [-0.39, 0.29) is 17.2 Å². The van der Waals surface area contributed by atoms with E-state index in [1.165, 1.54) is 10.4 Å². The summed E-state index contributed by atoms with van der Waals surface area (Å²) in [6.07, 6.45) is 0. The van der Waals surface area contributed by atoms with Crippen molar-refractivity contribution in [3.63, 3.8) is 0 Å². The SMILES string of the molecule is O=S1(=O)c2cccc3cccc(c23)N1Cc1ccccc1OC(F)F. The third-order valence-corrected chi connectivity index (χ3v) is 5.99. The molecule has 25 heavy (non-hydrogen) atoms. The molecular formula is C18H13F2NO3S. The van der Waals surface area contributed by atoms with Crippen molar-refractivity contribution in [1.29, 1.82) is 0 Å². The van der Waals surface area contributed by atoms with Crippen molar-refractivity contribution in [2.75, 3.05) is 4.31 Å². The first-order valence-electron chi connectivity index (χ1n) is 7.56. The second-order valence-corrected chi connectivity index (χ2v) is 7.46. The predicted octanol–water partition coefficient (Wildman–Crippen LogP) is 4.15. The van der Waals surface area contributed by atoms with Crippen LogP contribution >= 0.6 is 0 Å². The van der Waals surface area contributed by atoms with Crippen molar-refractivity contribution in [3.05, 3.63) is 66.2 Å². The van der Waals surface area contributed by atoms with Gasteiger partial charge in [0.05, 0.1) is 17.1 Å². The zero-order valence-electron chi connectivity index (χ0n) is 12.9. The van der Waals surface area contributed by atoms with Crippen molar-refractivity contribution in [2.24, 2.45) is 0 Å². The third kappa shape index (κ3) is 2.51. The molecule has 4 nitrogen and oxygen atoms in total. The highest BCUT2D eigenvalue weighted by Gasteiger charge is 2.35. The zero-order valence-corrected chi connectivity index (χ0v) is 13.7. The molecule has 0 N–H and O–H groups in total. The van der Waals surface area contributed by atoms with Crippen LogP contribution in [0, 0.1) is 0 Å². The number of sulfonamides is 1. The first-order chi connectivity index (χ1) is 12.0. The zero-order chi connectivity index (χ0) is 17.6. The van der Waals surface area contributed by atoms with Crippen LogP contribution in [-0.2, 0) is 16.6 Å². The van der Waals surface area contributed by atoms with Gasteiger partial charge in [-0.3, -0.25) is 4.31 Å². The molecule has 0 saturated heterocycles. The van der Waals surface area contributed by atoms with Gasteiger partial charge in [-0.1, -0.05) is 42.5 Å². The molecule has 4 rings (SSSR count). The summed E-state index contributed by atoms with van der Waals surface area (Å²) in [7, 11) is -3.75. The van der Waals surface area contributed by atoms with Crippen molar-refractivity contribution in [3.8, 4) is 5.75 Å². The molecular weight excluding hydrogens is 348 g/mol. The number of ether oxygens (including phenoxy) is 1. The van der Waals surface area contributed by atoms with E-state index in [2.05, 4.69) is 4.74 Å². The van der Waals surface area contributed by atoms with Gasteiger partial charge in [0.25, 0.3) is 10.0 Å². The fourth-order valence-electron chi connectivity index (χ4n) is 3.13. The number of rotatable bonds is 4. The lowest BCUT2D eigenvalue weighted by atomic mass is 10.1. The average Bonchev–Trinajstić information content (AvgIpc) is 2.80. The molecule has 3 aromatic rings. The summed E-state index contributed by atoms with van der Waals surface area (Å²) in [5.41, 5.74) is 0.913. The van der Waals surface area contributed by atoms with Crippen LogP contribution in [0.3, 0.4) is 0 Å². The Morgan fingerprint density at radius 2 is 1.68 bits per heavy atom. The van der Waals surface area contributed by atoms with Crippen molar-refractivity contribution in [2.45, 2.75) is 18.1 Å². The number of anilines is 1. The Hall–Kier alpha value is -2.67. The summed E-state index contributed by atoms with van der Waals surface area (Å²) < 4.78 is 56.9. The lowest BCUT2D eigenvalue weighted by Gasteiger charge is -2.20. The second kappa shape index (κ2) is 5.70. The number of benzene rings is 3. The minimum Gasteiger partial charge on any atom is -0.434 e. The van der Waals surface area contributed by atoms with E-state index >= 15 is 0 Å². The van der Waals surface area contributed by atoms with Crippen LogP contribution < -0.4 is 9.04 Å². The molecule has 0 aliphatic carbocycles. The molecule has 0 bridgehead atoms. The topological polar surface area (TPSA) is 46.6 Å². The normalized spacial score (nSPS) is 15.1. The summed E-state index contributed by atoms with van der Waals surface area (Å²) in [5, 5.41) is 1.47. The molecule has 0 atom stereocenters. The summed E-state index contributed by atoms with van der Waals surface area (Å²) in [4.78, 5) is 0.229. The lowest BCUT2D eigenvalue weighted by molar-refractivity contribution is -0.0504. The summed E-state index contributed by atoms with van der Waals surface area (Å²) in [6, 6.07) is 16.6. The number of hydrogen-bond donors (Lipinski definition) is 0. The maximum absolute atomic E-state index is 12.9. The first kappa shape index (κ1) is 15.8. The Balaban J connectivity index is 1.82. The van der Waals surface area contributed by atoms with Gasteiger partial charge < -0.3 is 4.74 Å². The number of hydrogen-bond acceptors (Lipinski definition) is 3. The Kier molecular flexibility index (Phi) is 3.61. The molecule has 1 aliphatic rings. The van der Waals surface area contributed by atoms with Crippen LogP contribution in [0.5, 0.6) is 5.75 Å². The summed E-state index contributed by atoms with van der Waals surface area (Å²) >= 11 is 0. The maximum Gasteiger partial charge on any atom is 0.387 e. The van der Waals surface area contributed by atoms with Crippen molar-refractivity contribution in [1.82, 2.24) is 0 Å². The number of alkyl halides is 2. The molecule has 0 amide bonds. The molecule has 0 saturated carbocycles. The Bertz CT molecular complexity index is 1060. The van der Waals surface area contributed by atoms with E-state index in [0.29, 0.717) is 16.6 Å². The standard InChI is InChI=1S/C18H13F2NO3S/c19-18(20)24-15-9-2-1-5-13(15)11-21-14-8-3-6-12-7-4-10-16(17(12)14)25(21,22)23/h1-10,18H,11H2. The smallest absolute Gasteiger partial charge is 0.387 e. The van der Waals surface area contributed by atoms with Gasteiger partial charge in [-0.15, -0.1) is 0 Å². The lowest BCUT2D eigenvalue weighted by Crippen LogP contribution is -2.26. The van der Waals surface area contributed by atoms with E-state index in [0.717, 1.165) is 5.39 Å². The quantitative estimate of drug-likeness (QED) is 0.701. The van der Waals surface area contributed by atoms with Crippen LogP contribution in [0.2, 0.25) is 0 Å². The highest BCUT2D eigenvalue weighted by Crippen LogP contribution is 2.43. The third-order valence-electron chi connectivity index (χ3n) is 4.18. The highest BCUT2D eigenvalue weighted by molar-refractivity contribution is 7.93. The Morgan fingerprint density at radius 3 is 2.44 bits per heavy atom. The predicted molar refractivity (Wildman–Crippen MR) is 90.4 cm³/mol. The van der Waals surface area contributed by atoms with Crippen LogP contribution in [0.4, 0.5) is 14.5 Å². The number of nitrogens with zero attached hydrogens (tertiary/aromatic N) is 1. The Morgan fingerprint density at radius 1 is 0.960 bits per heavy atom. The fraction of sp³-hybridized carbons (Fsp3) is 0.111. The molecule has 128 valence electrons. The first-order valence-corrected chi connectivity index (χ1v) is 9.00. The van der Waals surface area contributed by atoms with Gasteiger partial charge in [-0.05, 0) is 23.6 Å². The molecule has 3 aromatic carbocycles. The van der Waals surface area contributed by atoms with Crippen LogP contribution in [0.15, 0.2) is 65.6 Å². The van der Waals surface area contributed by atoms with Gasteiger partial charge in [-0.25, -0.2) is 8.42 Å². The van der Waals surface area contributed by atoms with E-state index < -0.39 is 16.6 Å². The number of para-hydroxylation sites is 1. The maximum atomic E-state index is 12.9. The highest BCUT2D eigenvalue weighted by atomic mass is 32.2. The van der Waals surface area contributed by atoms with Crippen molar-refractivity contribution >= 4 is 26.5 Å². The van der Waals surface area contributed by atoms with Crippen LogP contribution in [-0.4, -0.2) is 15.0 Å². The second-order valence-electron chi connectivity index (χ2n) is 5.63. The van der Waals surface area contributed by atoms with Gasteiger partial charge in [0, 0.05) is 10.9 Å². The minimum absolute atomic E-state index is 0.0316. The van der Waals surface area contributed by atoms with E-state index in [9.17, 15) is 17.2 Å². The van der Waals surface area contributed by atoms with E-state index in [1.807, 2.05) is 12.1 Å². The van der Waals surface area contributed by atoms with Crippen LogP contribution in [0.1, 0.15) is 5.56 Å². The molecule has 0 radical (unpaired) electrons. The molecule has 7 heteroatoms. The number of halogens is 2. The van der Waals surface area contributed by atoms with E-state index in [1.54, 1.807) is 42.5 Å². The van der Waals surface area contributed by atoms with Gasteiger partial charge in [0.15, 0.2) is 0 Å². The van der Waals surface area contributed by atoms with Gasteiger partial charge in [-0.2, -0.15) is 8.78 Å². The largest absolute Gasteiger partial charge is 0.434 e. The van der Waals surface area contributed by atoms with Gasteiger partial charge >= 0.3 is 6.61 Å². The molecule has 1 heterocycles. The summed E-state index contributed by atoms with van der Waals surface area (Å²) in [6.45, 7) is -3.06. The molecule has 0 unspecified atom stereocenters. The Labute approximate surface area is 143 Å². The van der Waals surface area contributed by atoms with Gasteiger partial charge in [0.2, 0.25) is 0 Å². The fourth-order valence-corrected chi connectivity index (χ4v) is 4.82. The van der Waals surface area contributed by atoms with Crippen LogP contribution in [0.25, 0.3) is 10.8 Å². The molecule has 1 aliphatic heterocycles. The van der Waals surface area contributed by atoms with Crippen molar-refractivity contribution < 1.29 is 21.9 Å². The molecule has 0 aromatic heterocycles. The minimum atomic E-state index is -3.75. The van der Waals surface area contributed by atoms with E-state index in [4.69, 9.17) is 0 Å². The molecule has 0 fully saturated rings.